The maximum Gasteiger partial charge on any atom is 0.211 e. The summed E-state index contributed by atoms with van der Waals surface area (Å²) in [6, 6.07) is 0. The lowest BCUT2D eigenvalue weighted by molar-refractivity contribution is 0.642. The number of aromatic nitrogens is 3. The summed E-state index contributed by atoms with van der Waals surface area (Å²) in [6.07, 6.45) is 4.82. The van der Waals surface area contributed by atoms with Crippen LogP contribution in [0, 0.1) is 3.83 Å². The van der Waals surface area contributed by atoms with Gasteiger partial charge in [0.1, 0.15) is 5.82 Å². The standard InChI is InChI=1S/C8H14IN3/c1-3-4-5-6-7-10-8(9)11-12(7)2/h3-6H2,1-2H3. The Labute approximate surface area is 86.7 Å². The highest BCUT2D eigenvalue weighted by atomic mass is 127. The number of unbranched alkanes of at least 4 members (excludes halogenated alkanes) is 2. The Hall–Kier alpha value is -0.130. The lowest BCUT2D eigenvalue weighted by Crippen LogP contribution is -1.99. The summed E-state index contributed by atoms with van der Waals surface area (Å²) in [6.45, 7) is 2.21. The molecule has 0 N–H and O–H groups in total. The lowest BCUT2D eigenvalue weighted by Gasteiger charge is -1.97. The van der Waals surface area contributed by atoms with E-state index < -0.39 is 0 Å². The first-order valence-electron chi connectivity index (χ1n) is 4.29. The minimum Gasteiger partial charge on any atom is -0.252 e. The Kier molecular flexibility index (Phi) is 3.97. The number of halogens is 1. The molecule has 1 aromatic heterocycles. The van der Waals surface area contributed by atoms with Crippen molar-refractivity contribution in [3.63, 3.8) is 0 Å². The molecule has 3 nitrogen and oxygen atoms in total. The summed E-state index contributed by atoms with van der Waals surface area (Å²) in [5.74, 6) is 1.10. The Morgan fingerprint density at radius 2 is 2.17 bits per heavy atom. The summed E-state index contributed by atoms with van der Waals surface area (Å²) < 4.78 is 2.72. The third-order valence-corrected chi connectivity index (χ3v) is 2.29. The monoisotopic (exact) mass is 279 g/mol. The molecule has 0 aromatic carbocycles. The van der Waals surface area contributed by atoms with Gasteiger partial charge in [0, 0.05) is 36.1 Å². The van der Waals surface area contributed by atoms with Crippen molar-refractivity contribution in [1.29, 1.82) is 0 Å². The number of aryl methyl sites for hydroxylation is 2. The van der Waals surface area contributed by atoms with E-state index in [1.165, 1.54) is 19.3 Å². The molecule has 0 unspecified atom stereocenters. The molecule has 0 saturated heterocycles. The van der Waals surface area contributed by atoms with Gasteiger partial charge in [-0.25, -0.2) is 4.98 Å². The number of hydrogen-bond donors (Lipinski definition) is 0. The third-order valence-electron chi connectivity index (χ3n) is 1.83. The van der Waals surface area contributed by atoms with Gasteiger partial charge in [0.25, 0.3) is 0 Å². The molecule has 0 aliphatic carbocycles. The molecule has 0 aliphatic heterocycles. The second kappa shape index (κ2) is 4.79. The third kappa shape index (κ3) is 2.73. The summed E-state index contributed by atoms with van der Waals surface area (Å²) in [5, 5.41) is 4.18. The molecule has 1 aromatic rings. The van der Waals surface area contributed by atoms with Crippen molar-refractivity contribution in [3.8, 4) is 0 Å². The predicted molar refractivity (Wildman–Crippen MR) is 56.9 cm³/mol. The fourth-order valence-electron chi connectivity index (χ4n) is 1.13. The number of hydrogen-bond acceptors (Lipinski definition) is 2. The van der Waals surface area contributed by atoms with Crippen molar-refractivity contribution in [3.05, 3.63) is 9.66 Å². The van der Waals surface area contributed by atoms with E-state index in [-0.39, 0.29) is 0 Å². The van der Waals surface area contributed by atoms with Crippen LogP contribution in [0.2, 0.25) is 0 Å². The van der Waals surface area contributed by atoms with E-state index in [1.807, 2.05) is 11.7 Å². The van der Waals surface area contributed by atoms with Crippen molar-refractivity contribution in [2.45, 2.75) is 32.6 Å². The summed E-state index contributed by atoms with van der Waals surface area (Å²) >= 11 is 2.14. The van der Waals surface area contributed by atoms with Gasteiger partial charge >= 0.3 is 0 Å². The molecule has 0 saturated carbocycles. The van der Waals surface area contributed by atoms with Gasteiger partial charge in [-0.1, -0.05) is 19.8 Å². The van der Waals surface area contributed by atoms with Crippen molar-refractivity contribution >= 4 is 22.6 Å². The van der Waals surface area contributed by atoms with E-state index in [0.717, 1.165) is 16.1 Å². The minimum absolute atomic E-state index is 0.849. The van der Waals surface area contributed by atoms with Crippen LogP contribution in [0.25, 0.3) is 0 Å². The van der Waals surface area contributed by atoms with Gasteiger partial charge in [0.15, 0.2) is 0 Å². The van der Waals surface area contributed by atoms with Gasteiger partial charge in [-0.05, 0) is 6.42 Å². The Morgan fingerprint density at radius 3 is 2.67 bits per heavy atom. The zero-order chi connectivity index (χ0) is 8.97. The molecular weight excluding hydrogens is 265 g/mol. The van der Waals surface area contributed by atoms with Crippen LogP contribution in [0.5, 0.6) is 0 Å². The summed E-state index contributed by atoms with van der Waals surface area (Å²) in [7, 11) is 1.95. The van der Waals surface area contributed by atoms with E-state index in [1.54, 1.807) is 0 Å². The Morgan fingerprint density at radius 1 is 1.42 bits per heavy atom. The van der Waals surface area contributed by atoms with Crippen molar-refractivity contribution in [1.82, 2.24) is 14.8 Å². The summed E-state index contributed by atoms with van der Waals surface area (Å²) in [4.78, 5) is 4.32. The summed E-state index contributed by atoms with van der Waals surface area (Å²) in [5.41, 5.74) is 0. The van der Waals surface area contributed by atoms with Crippen LogP contribution in [0.4, 0.5) is 0 Å². The Bertz CT molecular complexity index is 244. The second-order valence-corrected chi connectivity index (χ2v) is 3.84. The van der Waals surface area contributed by atoms with Crippen molar-refractivity contribution < 1.29 is 0 Å². The fourth-order valence-corrected chi connectivity index (χ4v) is 1.74. The maximum absolute atomic E-state index is 4.32. The van der Waals surface area contributed by atoms with Crippen LogP contribution < -0.4 is 0 Å². The molecule has 0 radical (unpaired) electrons. The molecule has 0 aliphatic rings. The topological polar surface area (TPSA) is 30.7 Å². The number of rotatable bonds is 4. The van der Waals surface area contributed by atoms with Crippen LogP contribution in [0.15, 0.2) is 0 Å². The molecule has 1 rings (SSSR count). The quantitative estimate of drug-likeness (QED) is 0.624. The van der Waals surface area contributed by atoms with E-state index in [4.69, 9.17) is 0 Å². The zero-order valence-corrected chi connectivity index (χ0v) is 9.71. The molecule has 0 amide bonds. The highest BCUT2D eigenvalue weighted by Gasteiger charge is 2.02. The van der Waals surface area contributed by atoms with Gasteiger partial charge in [-0.3, -0.25) is 4.68 Å². The van der Waals surface area contributed by atoms with Crippen LogP contribution in [-0.4, -0.2) is 14.8 Å². The normalized spacial score (nSPS) is 10.6. The van der Waals surface area contributed by atoms with Crippen LogP contribution in [-0.2, 0) is 13.5 Å². The first kappa shape index (κ1) is 9.95. The fraction of sp³-hybridized carbons (Fsp3) is 0.750. The molecule has 0 spiro atoms. The van der Waals surface area contributed by atoms with Crippen molar-refractivity contribution in [2.75, 3.05) is 0 Å². The first-order chi connectivity index (χ1) is 5.74. The average molecular weight is 279 g/mol. The molecule has 0 atom stereocenters. The maximum atomic E-state index is 4.32. The molecule has 68 valence electrons. The Balaban J connectivity index is 2.45. The molecule has 0 bridgehead atoms. The lowest BCUT2D eigenvalue weighted by atomic mass is 10.2. The number of nitrogens with zero attached hydrogens (tertiary/aromatic N) is 3. The van der Waals surface area contributed by atoms with E-state index in [0.29, 0.717) is 0 Å². The molecule has 12 heavy (non-hydrogen) atoms. The largest absolute Gasteiger partial charge is 0.252 e. The van der Waals surface area contributed by atoms with Crippen molar-refractivity contribution in [2.24, 2.45) is 7.05 Å². The van der Waals surface area contributed by atoms with Crippen LogP contribution in [0.3, 0.4) is 0 Å². The molecule has 0 fully saturated rings. The van der Waals surface area contributed by atoms with Gasteiger partial charge in [-0.2, -0.15) is 0 Å². The molecule has 1 heterocycles. The van der Waals surface area contributed by atoms with E-state index >= 15 is 0 Å². The smallest absolute Gasteiger partial charge is 0.211 e. The second-order valence-electron chi connectivity index (χ2n) is 2.88. The van der Waals surface area contributed by atoms with Crippen LogP contribution in [0.1, 0.15) is 32.0 Å². The van der Waals surface area contributed by atoms with E-state index in [2.05, 4.69) is 39.6 Å². The zero-order valence-electron chi connectivity index (χ0n) is 7.55. The predicted octanol–water partition coefficient (Wildman–Crippen LogP) is 2.15. The highest BCUT2D eigenvalue weighted by molar-refractivity contribution is 14.1. The average Bonchev–Trinajstić information content (AvgIpc) is 2.31. The highest BCUT2D eigenvalue weighted by Crippen LogP contribution is 2.05. The van der Waals surface area contributed by atoms with Gasteiger partial charge in [-0.15, -0.1) is 5.10 Å². The van der Waals surface area contributed by atoms with E-state index in [9.17, 15) is 0 Å². The van der Waals surface area contributed by atoms with Gasteiger partial charge in [0.05, 0.1) is 0 Å². The van der Waals surface area contributed by atoms with Gasteiger partial charge in [0.2, 0.25) is 3.83 Å². The SMILES string of the molecule is CCCCCc1nc(I)nn1C. The molecular formula is C8H14IN3. The first-order valence-corrected chi connectivity index (χ1v) is 5.37. The minimum atomic E-state index is 0.849. The molecule has 4 heteroatoms. The van der Waals surface area contributed by atoms with Gasteiger partial charge < -0.3 is 0 Å². The van der Waals surface area contributed by atoms with Crippen LogP contribution >= 0.6 is 22.6 Å².